The van der Waals surface area contributed by atoms with Crippen molar-refractivity contribution < 1.29 is 0 Å². The fourth-order valence-electron chi connectivity index (χ4n) is 13.8. The Labute approximate surface area is 364 Å². The van der Waals surface area contributed by atoms with Crippen LogP contribution in [0, 0.1) is 35.5 Å². The first-order chi connectivity index (χ1) is 30.6. The third-order valence-corrected chi connectivity index (χ3v) is 16.3. The minimum atomic E-state index is 0.311. The molecular weight excluding hydrogens is 753 g/mol. The van der Waals surface area contributed by atoms with Crippen molar-refractivity contribution in [2.45, 2.75) is 49.4 Å². The van der Waals surface area contributed by atoms with Gasteiger partial charge in [-0.1, -0.05) is 170 Å². The lowest BCUT2D eigenvalue weighted by molar-refractivity contribution is -0.221. The Kier molecular flexibility index (Phi) is 8.17. The molecule has 7 aliphatic carbocycles. The second kappa shape index (κ2) is 14.0. The van der Waals surface area contributed by atoms with Crippen molar-refractivity contribution in [1.29, 1.82) is 0 Å². The molecule has 0 saturated heterocycles. The van der Waals surface area contributed by atoms with Gasteiger partial charge in [0.1, 0.15) is 0 Å². The Balaban J connectivity index is 0.770. The highest BCUT2D eigenvalue weighted by atomic mass is 14.9. The minimum Gasteiger partial charge on any atom is -0.228 e. The Morgan fingerprint density at radius 1 is 0.274 bits per heavy atom. The molecule has 300 valence electrons. The van der Waals surface area contributed by atoms with E-state index in [2.05, 4.69) is 170 Å². The summed E-state index contributed by atoms with van der Waals surface area (Å²) in [5.41, 5.74) is 14.3. The van der Waals surface area contributed by atoms with Crippen LogP contribution in [0.4, 0.5) is 0 Å². The SMILES string of the molecule is c1ccc(-c2cc(-c3ccc(C45CC6C7CC8(c9ccc(-c%10cc(-c%11ccccc%11)nc(-c%11ccccc%11)n%10)cc9)CC6C(C4)C(C8)C7C5)cc3)nc(-c3ccccc3)n2)cc1. The summed E-state index contributed by atoms with van der Waals surface area (Å²) in [6, 6.07) is 65.4. The molecule has 2 aromatic heterocycles. The third-order valence-electron chi connectivity index (χ3n) is 16.3. The number of aromatic nitrogens is 4. The van der Waals surface area contributed by atoms with E-state index in [1.54, 1.807) is 11.1 Å². The van der Waals surface area contributed by atoms with E-state index in [-0.39, 0.29) is 0 Å². The highest BCUT2D eigenvalue weighted by Gasteiger charge is 2.70. The predicted octanol–water partition coefficient (Wildman–Crippen LogP) is 13.6. The van der Waals surface area contributed by atoms with E-state index in [1.807, 2.05) is 12.1 Å². The molecule has 7 saturated carbocycles. The number of nitrogens with zero attached hydrogens (tertiary/aromatic N) is 4. The van der Waals surface area contributed by atoms with Gasteiger partial charge in [0.15, 0.2) is 11.6 Å². The van der Waals surface area contributed by atoms with Gasteiger partial charge in [0, 0.05) is 33.4 Å². The molecule has 4 heteroatoms. The molecule has 0 unspecified atom stereocenters. The monoisotopic (exact) mass is 800 g/mol. The number of rotatable bonds is 8. The minimum absolute atomic E-state index is 0.311. The Morgan fingerprint density at radius 3 is 0.790 bits per heavy atom. The van der Waals surface area contributed by atoms with Crippen molar-refractivity contribution in [1.82, 2.24) is 19.9 Å². The first-order valence-corrected chi connectivity index (χ1v) is 22.8. The molecule has 62 heavy (non-hydrogen) atoms. The molecule has 7 aliphatic rings. The van der Waals surface area contributed by atoms with Gasteiger partial charge in [-0.3, -0.25) is 0 Å². The normalized spacial score (nSPS) is 27.4. The van der Waals surface area contributed by atoms with E-state index < -0.39 is 0 Å². The molecule has 0 aliphatic heterocycles. The van der Waals surface area contributed by atoms with Gasteiger partial charge in [-0.25, -0.2) is 19.9 Å². The highest BCUT2D eigenvalue weighted by molar-refractivity contribution is 5.73. The van der Waals surface area contributed by atoms with Crippen molar-refractivity contribution in [3.8, 4) is 67.8 Å². The molecule has 8 bridgehead atoms. The van der Waals surface area contributed by atoms with Gasteiger partial charge in [-0.05, 0) is 108 Å². The zero-order valence-electron chi connectivity index (χ0n) is 34.8. The van der Waals surface area contributed by atoms with Gasteiger partial charge < -0.3 is 0 Å². The van der Waals surface area contributed by atoms with Crippen molar-refractivity contribution in [3.05, 3.63) is 193 Å². The lowest BCUT2D eigenvalue weighted by Crippen LogP contribution is -2.69. The van der Waals surface area contributed by atoms with Crippen molar-refractivity contribution >= 4 is 0 Å². The molecule has 0 spiro atoms. The summed E-state index contributed by atoms with van der Waals surface area (Å²) in [5, 5.41) is 0. The van der Waals surface area contributed by atoms with Crippen LogP contribution in [0.1, 0.15) is 49.7 Å². The molecule has 7 fully saturated rings. The first kappa shape index (κ1) is 36.2. The van der Waals surface area contributed by atoms with Crippen LogP contribution in [0.5, 0.6) is 0 Å². The zero-order valence-corrected chi connectivity index (χ0v) is 34.8. The summed E-state index contributed by atoms with van der Waals surface area (Å²) in [5.74, 6) is 6.67. The first-order valence-electron chi connectivity index (χ1n) is 22.8. The number of hydrogen-bond donors (Lipinski definition) is 0. The highest BCUT2D eigenvalue weighted by Crippen LogP contribution is 2.77. The lowest BCUT2D eigenvalue weighted by atomic mass is 9.29. The van der Waals surface area contributed by atoms with E-state index in [0.29, 0.717) is 10.8 Å². The average Bonchev–Trinajstić information content (AvgIpc) is 3.36. The van der Waals surface area contributed by atoms with Crippen molar-refractivity contribution in [2.75, 3.05) is 0 Å². The van der Waals surface area contributed by atoms with Gasteiger partial charge in [0.25, 0.3) is 0 Å². The molecule has 0 N–H and O–H groups in total. The second-order valence-electron chi connectivity index (χ2n) is 19.3. The summed E-state index contributed by atoms with van der Waals surface area (Å²) in [4.78, 5) is 20.3. The van der Waals surface area contributed by atoms with Crippen LogP contribution in [-0.4, -0.2) is 19.9 Å². The summed E-state index contributed by atoms with van der Waals surface area (Å²) >= 11 is 0. The Bertz CT molecular complexity index is 2550. The van der Waals surface area contributed by atoms with E-state index in [1.165, 1.54) is 38.5 Å². The van der Waals surface area contributed by atoms with E-state index in [0.717, 1.165) is 103 Å². The second-order valence-corrected chi connectivity index (χ2v) is 19.3. The molecule has 2 heterocycles. The molecule has 0 atom stereocenters. The number of hydrogen-bond acceptors (Lipinski definition) is 4. The van der Waals surface area contributed by atoms with Crippen LogP contribution in [0.2, 0.25) is 0 Å². The maximum Gasteiger partial charge on any atom is 0.160 e. The van der Waals surface area contributed by atoms with Gasteiger partial charge in [0.2, 0.25) is 0 Å². The molecule has 0 radical (unpaired) electrons. The summed E-state index contributed by atoms with van der Waals surface area (Å²) in [7, 11) is 0. The maximum absolute atomic E-state index is 5.14. The zero-order chi connectivity index (χ0) is 40.8. The van der Waals surface area contributed by atoms with E-state index in [9.17, 15) is 0 Å². The quantitative estimate of drug-likeness (QED) is 0.154. The largest absolute Gasteiger partial charge is 0.228 e. The Morgan fingerprint density at radius 2 is 0.516 bits per heavy atom. The molecule has 6 aromatic carbocycles. The van der Waals surface area contributed by atoms with Gasteiger partial charge >= 0.3 is 0 Å². The molecule has 15 rings (SSSR count). The Hall–Kier alpha value is -6.52. The van der Waals surface area contributed by atoms with Crippen LogP contribution in [0.15, 0.2) is 182 Å². The fraction of sp³-hybridized carbons (Fsp3) is 0.241. The topological polar surface area (TPSA) is 51.6 Å². The fourth-order valence-corrected chi connectivity index (χ4v) is 13.8. The molecular formula is C58H48N4. The predicted molar refractivity (Wildman–Crippen MR) is 249 cm³/mol. The summed E-state index contributed by atoms with van der Waals surface area (Å²) in [6.45, 7) is 0. The molecule has 4 nitrogen and oxygen atoms in total. The maximum atomic E-state index is 5.14. The smallest absolute Gasteiger partial charge is 0.160 e. The van der Waals surface area contributed by atoms with Crippen LogP contribution in [0.25, 0.3) is 67.8 Å². The van der Waals surface area contributed by atoms with Crippen LogP contribution in [-0.2, 0) is 10.8 Å². The lowest BCUT2D eigenvalue weighted by Gasteiger charge is -2.75. The van der Waals surface area contributed by atoms with Crippen LogP contribution >= 0.6 is 0 Å². The standard InChI is InChI=1S/C58H48N4/c1-5-13-37(14-6-1)51-29-53(61-55(59-51)41-17-9-3-10-18-41)39-21-25-43(26-22-39)57-31-45-48-34-58(35-49(45)47(33-57)50(36-58)46(48)32-57)44-27-23-40(24-28-44)54-30-52(38-15-7-2-8-16-38)60-56(62-54)42-19-11-4-12-20-42/h1-30,45-50H,31-36H2. The molecule has 8 aromatic rings. The van der Waals surface area contributed by atoms with Crippen molar-refractivity contribution in [3.63, 3.8) is 0 Å². The third kappa shape index (κ3) is 5.79. The molecule has 0 amide bonds. The number of benzene rings is 6. The van der Waals surface area contributed by atoms with E-state index >= 15 is 0 Å². The van der Waals surface area contributed by atoms with E-state index in [4.69, 9.17) is 19.9 Å². The van der Waals surface area contributed by atoms with Gasteiger partial charge in [-0.2, -0.15) is 0 Å². The van der Waals surface area contributed by atoms with Crippen LogP contribution < -0.4 is 0 Å². The van der Waals surface area contributed by atoms with Crippen molar-refractivity contribution in [2.24, 2.45) is 35.5 Å². The van der Waals surface area contributed by atoms with Gasteiger partial charge in [-0.15, -0.1) is 0 Å². The summed E-state index contributed by atoms with van der Waals surface area (Å²) in [6.07, 6.45) is 8.18. The van der Waals surface area contributed by atoms with Gasteiger partial charge in [0.05, 0.1) is 22.8 Å². The van der Waals surface area contributed by atoms with Crippen LogP contribution in [0.3, 0.4) is 0 Å². The average molecular weight is 801 g/mol. The summed E-state index contributed by atoms with van der Waals surface area (Å²) < 4.78 is 0.